The van der Waals surface area contributed by atoms with E-state index in [0.717, 1.165) is 17.9 Å². The Labute approximate surface area is 84.8 Å². The molecule has 0 fully saturated rings. The van der Waals surface area contributed by atoms with Crippen LogP contribution in [0.1, 0.15) is 26.3 Å². The number of hydrogen-bond donors (Lipinski definition) is 0. The maximum Gasteiger partial charge on any atom is 0.231 e. The molecule has 1 heterocycles. The number of benzene rings is 1. The van der Waals surface area contributed by atoms with Gasteiger partial charge >= 0.3 is 0 Å². The largest absolute Gasteiger partial charge is 0.454 e. The minimum Gasteiger partial charge on any atom is -0.454 e. The third kappa shape index (κ3) is 2.00. The molecule has 76 valence electrons. The molecule has 2 nitrogen and oxygen atoms in total. The molecule has 0 spiro atoms. The van der Waals surface area contributed by atoms with Gasteiger partial charge in [0.2, 0.25) is 6.79 Å². The topological polar surface area (TPSA) is 18.5 Å². The van der Waals surface area contributed by atoms with Crippen LogP contribution in [0.3, 0.4) is 0 Å². The van der Waals surface area contributed by atoms with Crippen LogP contribution in [0.15, 0.2) is 18.2 Å². The highest BCUT2D eigenvalue weighted by Crippen LogP contribution is 2.34. The third-order valence-corrected chi connectivity index (χ3v) is 2.17. The van der Waals surface area contributed by atoms with Crippen LogP contribution in [0, 0.1) is 5.41 Å². The first-order valence-corrected chi connectivity index (χ1v) is 4.93. The Morgan fingerprint density at radius 2 is 1.86 bits per heavy atom. The standard InChI is InChI=1S/C12H16O2/c1-12(2,3)7-9-4-5-10-11(6-9)14-8-13-10/h4-6H,7-8H2,1-3H3. The average Bonchev–Trinajstić information content (AvgIpc) is 2.47. The fourth-order valence-electron chi connectivity index (χ4n) is 1.66. The fraction of sp³-hybridized carbons (Fsp3) is 0.500. The molecule has 0 atom stereocenters. The van der Waals surface area contributed by atoms with Crippen molar-refractivity contribution in [3.63, 3.8) is 0 Å². The lowest BCUT2D eigenvalue weighted by molar-refractivity contribution is 0.174. The number of rotatable bonds is 1. The average molecular weight is 192 g/mol. The zero-order chi connectivity index (χ0) is 10.2. The molecule has 1 aromatic rings. The fourth-order valence-corrected chi connectivity index (χ4v) is 1.66. The summed E-state index contributed by atoms with van der Waals surface area (Å²) < 4.78 is 10.6. The molecule has 0 N–H and O–H groups in total. The third-order valence-electron chi connectivity index (χ3n) is 2.17. The van der Waals surface area contributed by atoms with E-state index in [-0.39, 0.29) is 0 Å². The summed E-state index contributed by atoms with van der Waals surface area (Å²) in [6, 6.07) is 6.18. The van der Waals surface area contributed by atoms with Gasteiger partial charge in [-0.2, -0.15) is 0 Å². The van der Waals surface area contributed by atoms with Gasteiger partial charge in [0.05, 0.1) is 0 Å². The molecule has 1 aromatic carbocycles. The van der Waals surface area contributed by atoms with Crippen LogP contribution >= 0.6 is 0 Å². The summed E-state index contributed by atoms with van der Waals surface area (Å²) in [5, 5.41) is 0. The Morgan fingerprint density at radius 3 is 2.57 bits per heavy atom. The van der Waals surface area contributed by atoms with Gasteiger partial charge in [0.25, 0.3) is 0 Å². The molecule has 0 saturated heterocycles. The summed E-state index contributed by atoms with van der Waals surface area (Å²) in [6.45, 7) is 7.06. The van der Waals surface area contributed by atoms with E-state index in [9.17, 15) is 0 Å². The molecular formula is C12H16O2. The lowest BCUT2D eigenvalue weighted by Crippen LogP contribution is -2.08. The van der Waals surface area contributed by atoms with Gasteiger partial charge in [-0.15, -0.1) is 0 Å². The smallest absolute Gasteiger partial charge is 0.231 e. The number of hydrogen-bond acceptors (Lipinski definition) is 2. The molecule has 1 aliphatic rings. The van der Waals surface area contributed by atoms with E-state index in [1.165, 1.54) is 5.56 Å². The van der Waals surface area contributed by atoms with E-state index < -0.39 is 0 Å². The second-order valence-electron chi connectivity index (χ2n) is 4.93. The van der Waals surface area contributed by atoms with Crippen molar-refractivity contribution in [2.24, 2.45) is 5.41 Å². The minimum absolute atomic E-state index is 0.313. The first kappa shape index (κ1) is 9.38. The van der Waals surface area contributed by atoms with Gasteiger partial charge in [-0.1, -0.05) is 26.8 Å². The van der Waals surface area contributed by atoms with Crippen LogP contribution in [-0.2, 0) is 6.42 Å². The predicted molar refractivity (Wildman–Crippen MR) is 55.7 cm³/mol. The summed E-state index contributed by atoms with van der Waals surface area (Å²) in [5.74, 6) is 1.74. The molecule has 2 heteroatoms. The van der Waals surface area contributed by atoms with Crippen LogP contribution in [0.2, 0.25) is 0 Å². The molecule has 2 rings (SSSR count). The van der Waals surface area contributed by atoms with Crippen molar-refractivity contribution in [2.75, 3.05) is 6.79 Å². The van der Waals surface area contributed by atoms with E-state index in [2.05, 4.69) is 32.9 Å². The van der Waals surface area contributed by atoms with Crippen LogP contribution in [0.25, 0.3) is 0 Å². The van der Waals surface area contributed by atoms with Crippen molar-refractivity contribution >= 4 is 0 Å². The zero-order valence-electron chi connectivity index (χ0n) is 8.96. The molecule has 14 heavy (non-hydrogen) atoms. The molecule has 0 unspecified atom stereocenters. The molecule has 0 aromatic heterocycles. The van der Waals surface area contributed by atoms with Crippen molar-refractivity contribution in [3.05, 3.63) is 23.8 Å². The van der Waals surface area contributed by atoms with Crippen molar-refractivity contribution in [3.8, 4) is 11.5 Å². The predicted octanol–water partition coefficient (Wildman–Crippen LogP) is 3.00. The first-order chi connectivity index (χ1) is 6.54. The van der Waals surface area contributed by atoms with Crippen LogP contribution < -0.4 is 9.47 Å². The summed E-state index contributed by atoms with van der Waals surface area (Å²) in [6.07, 6.45) is 1.06. The highest BCUT2D eigenvalue weighted by Gasteiger charge is 2.16. The zero-order valence-corrected chi connectivity index (χ0v) is 8.96. The Balaban J connectivity index is 2.21. The first-order valence-electron chi connectivity index (χ1n) is 4.93. The van der Waals surface area contributed by atoms with Crippen molar-refractivity contribution in [2.45, 2.75) is 27.2 Å². The minimum atomic E-state index is 0.313. The van der Waals surface area contributed by atoms with Gasteiger partial charge in [-0.3, -0.25) is 0 Å². The van der Waals surface area contributed by atoms with Crippen molar-refractivity contribution in [1.82, 2.24) is 0 Å². The lowest BCUT2D eigenvalue weighted by Gasteiger charge is -2.18. The van der Waals surface area contributed by atoms with E-state index in [1.807, 2.05) is 6.07 Å². The van der Waals surface area contributed by atoms with E-state index in [0.29, 0.717) is 12.2 Å². The monoisotopic (exact) mass is 192 g/mol. The Kier molecular flexibility index (Phi) is 2.14. The van der Waals surface area contributed by atoms with Gasteiger partial charge in [0.1, 0.15) is 0 Å². The van der Waals surface area contributed by atoms with E-state index in [1.54, 1.807) is 0 Å². The second-order valence-corrected chi connectivity index (χ2v) is 4.93. The van der Waals surface area contributed by atoms with E-state index >= 15 is 0 Å². The Morgan fingerprint density at radius 1 is 1.14 bits per heavy atom. The van der Waals surface area contributed by atoms with Crippen LogP contribution in [0.4, 0.5) is 0 Å². The summed E-state index contributed by atoms with van der Waals surface area (Å²) in [4.78, 5) is 0. The molecule has 0 amide bonds. The van der Waals surface area contributed by atoms with Gasteiger partial charge in [-0.05, 0) is 29.5 Å². The highest BCUT2D eigenvalue weighted by atomic mass is 16.7. The summed E-state index contributed by atoms with van der Waals surface area (Å²) >= 11 is 0. The van der Waals surface area contributed by atoms with Gasteiger partial charge in [-0.25, -0.2) is 0 Å². The summed E-state index contributed by atoms with van der Waals surface area (Å²) in [5.41, 5.74) is 1.62. The van der Waals surface area contributed by atoms with Crippen LogP contribution in [0.5, 0.6) is 11.5 Å². The molecule has 0 bridgehead atoms. The normalized spacial score (nSPS) is 14.5. The maximum atomic E-state index is 5.33. The lowest BCUT2D eigenvalue weighted by atomic mass is 9.88. The highest BCUT2D eigenvalue weighted by molar-refractivity contribution is 5.44. The summed E-state index contributed by atoms with van der Waals surface area (Å²) in [7, 11) is 0. The Hall–Kier alpha value is -1.18. The van der Waals surface area contributed by atoms with Crippen LogP contribution in [-0.4, -0.2) is 6.79 Å². The van der Waals surface area contributed by atoms with E-state index in [4.69, 9.17) is 9.47 Å². The number of ether oxygens (including phenoxy) is 2. The quantitative estimate of drug-likeness (QED) is 0.681. The molecule has 0 aliphatic carbocycles. The SMILES string of the molecule is CC(C)(C)Cc1ccc2c(c1)OCO2. The van der Waals surface area contributed by atoms with Gasteiger partial charge in [0.15, 0.2) is 11.5 Å². The molecule has 0 radical (unpaired) electrons. The van der Waals surface area contributed by atoms with Crippen molar-refractivity contribution in [1.29, 1.82) is 0 Å². The van der Waals surface area contributed by atoms with Crippen molar-refractivity contribution < 1.29 is 9.47 Å². The maximum absolute atomic E-state index is 5.33. The molecule has 1 aliphatic heterocycles. The second kappa shape index (κ2) is 3.19. The van der Waals surface area contributed by atoms with Gasteiger partial charge in [0, 0.05) is 0 Å². The molecular weight excluding hydrogens is 176 g/mol. The Bertz CT molecular complexity index is 337. The number of fused-ring (bicyclic) bond motifs is 1. The van der Waals surface area contributed by atoms with Gasteiger partial charge < -0.3 is 9.47 Å². The molecule has 0 saturated carbocycles.